The third-order valence-corrected chi connectivity index (χ3v) is 3.44. The summed E-state index contributed by atoms with van der Waals surface area (Å²) in [5, 5.41) is 0. The topological polar surface area (TPSA) is 72.8 Å². The van der Waals surface area contributed by atoms with Gasteiger partial charge in [-0.05, 0) is 19.8 Å². The molecule has 0 saturated carbocycles. The zero-order valence-corrected chi connectivity index (χ0v) is 10.3. The Morgan fingerprint density at radius 1 is 1.40 bits per heavy atom. The Balaban J connectivity index is 3.97. The molecule has 0 aromatic heterocycles. The van der Waals surface area contributed by atoms with Crippen molar-refractivity contribution in [3.8, 4) is 0 Å². The van der Waals surface area contributed by atoms with Crippen molar-refractivity contribution in [1.29, 1.82) is 0 Å². The van der Waals surface area contributed by atoms with E-state index in [1.54, 1.807) is 20.8 Å². The minimum atomic E-state index is -3.53. The van der Waals surface area contributed by atoms with Crippen LogP contribution in [-0.4, -0.2) is 30.2 Å². The predicted molar refractivity (Wildman–Crippen MR) is 56.7 cm³/mol. The summed E-state index contributed by atoms with van der Waals surface area (Å²) >= 11 is 0. The van der Waals surface area contributed by atoms with Crippen LogP contribution in [-0.2, 0) is 18.6 Å². The van der Waals surface area contributed by atoms with E-state index < -0.39 is 7.60 Å². The molecule has 1 N–H and O–H groups in total. The summed E-state index contributed by atoms with van der Waals surface area (Å²) in [5.41, 5.74) is 0. The first-order chi connectivity index (χ1) is 6.91. The first kappa shape index (κ1) is 14.6. The van der Waals surface area contributed by atoms with Gasteiger partial charge in [0.15, 0.2) is 0 Å². The normalized spacial score (nSPS) is 16.8. The van der Waals surface area contributed by atoms with Crippen LogP contribution in [0.4, 0.5) is 0 Å². The smallest absolute Gasteiger partial charge is 0.328 e. The summed E-state index contributed by atoms with van der Waals surface area (Å²) in [4.78, 5) is 20.4. The third kappa shape index (κ3) is 7.54. The predicted octanol–water partition coefficient (Wildman–Crippen LogP) is 1.80. The molecule has 0 rings (SSSR count). The van der Waals surface area contributed by atoms with Crippen LogP contribution in [0.3, 0.4) is 0 Å². The zero-order chi connectivity index (χ0) is 11.9. The van der Waals surface area contributed by atoms with Gasteiger partial charge in [0.05, 0.1) is 19.4 Å². The lowest BCUT2D eigenvalue weighted by atomic mass is 10.1. The molecule has 0 fully saturated rings. The van der Waals surface area contributed by atoms with E-state index >= 15 is 0 Å². The molecule has 0 aromatic carbocycles. The van der Waals surface area contributed by atoms with Gasteiger partial charge in [0.1, 0.15) is 0 Å². The van der Waals surface area contributed by atoms with Gasteiger partial charge in [0.25, 0.3) is 0 Å². The molecule has 2 unspecified atom stereocenters. The van der Waals surface area contributed by atoms with E-state index in [9.17, 15) is 14.3 Å². The summed E-state index contributed by atoms with van der Waals surface area (Å²) in [6.07, 6.45) is 0.130. The molecule has 0 saturated heterocycles. The highest BCUT2D eigenvalue weighted by molar-refractivity contribution is 7.52. The number of carbonyl (C=O) groups excluding carboxylic acids is 1. The first-order valence-corrected chi connectivity index (χ1v) is 6.79. The lowest BCUT2D eigenvalue weighted by Crippen LogP contribution is -2.13. The lowest BCUT2D eigenvalue weighted by molar-refractivity contribution is -0.143. The molecular weight excluding hydrogens is 219 g/mol. The number of hydrogen-bond acceptors (Lipinski definition) is 4. The van der Waals surface area contributed by atoms with E-state index in [1.165, 1.54) is 0 Å². The van der Waals surface area contributed by atoms with Gasteiger partial charge in [-0.2, -0.15) is 0 Å². The highest BCUT2D eigenvalue weighted by atomic mass is 31.2. The second-order valence-electron chi connectivity index (χ2n) is 3.35. The highest BCUT2D eigenvalue weighted by Gasteiger charge is 2.23. The molecular formula is C9H19O5P. The van der Waals surface area contributed by atoms with E-state index in [4.69, 9.17) is 9.26 Å². The number of rotatable bonds is 7. The van der Waals surface area contributed by atoms with Crippen LogP contribution in [0.1, 0.15) is 27.2 Å². The average Bonchev–Trinajstić information content (AvgIpc) is 2.01. The molecule has 90 valence electrons. The van der Waals surface area contributed by atoms with E-state index in [1.807, 2.05) is 0 Å². The fourth-order valence-corrected chi connectivity index (χ4v) is 2.64. The molecule has 0 bridgehead atoms. The van der Waals surface area contributed by atoms with Gasteiger partial charge in [0.2, 0.25) is 0 Å². The van der Waals surface area contributed by atoms with E-state index in [0.717, 1.165) is 0 Å². The molecule has 15 heavy (non-hydrogen) atoms. The van der Waals surface area contributed by atoms with Crippen molar-refractivity contribution in [2.75, 3.05) is 19.4 Å². The lowest BCUT2D eigenvalue weighted by Gasteiger charge is -2.15. The molecule has 2 atom stereocenters. The van der Waals surface area contributed by atoms with Gasteiger partial charge in [-0.1, -0.05) is 6.92 Å². The Morgan fingerprint density at radius 3 is 2.47 bits per heavy atom. The summed E-state index contributed by atoms with van der Waals surface area (Å²) in [6.45, 7) is 5.62. The van der Waals surface area contributed by atoms with Crippen LogP contribution in [0.5, 0.6) is 0 Å². The minimum Gasteiger partial charge on any atom is -0.466 e. The van der Waals surface area contributed by atoms with E-state index in [2.05, 4.69) is 0 Å². The number of hydrogen-bond donors (Lipinski definition) is 1. The van der Waals surface area contributed by atoms with E-state index in [0.29, 0.717) is 6.61 Å². The number of carbonyl (C=O) groups is 1. The largest absolute Gasteiger partial charge is 0.466 e. The monoisotopic (exact) mass is 238 g/mol. The van der Waals surface area contributed by atoms with Gasteiger partial charge in [-0.15, -0.1) is 0 Å². The Morgan fingerprint density at radius 2 is 2.00 bits per heavy atom. The van der Waals surface area contributed by atoms with Crippen molar-refractivity contribution < 1.29 is 23.5 Å². The van der Waals surface area contributed by atoms with Crippen molar-refractivity contribution in [2.24, 2.45) is 5.92 Å². The van der Waals surface area contributed by atoms with Crippen molar-refractivity contribution in [3.63, 3.8) is 0 Å². The van der Waals surface area contributed by atoms with Gasteiger partial charge < -0.3 is 14.2 Å². The number of ether oxygens (including phenoxy) is 1. The molecule has 6 heteroatoms. The van der Waals surface area contributed by atoms with Crippen LogP contribution >= 0.6 is 7.60 Å². The van der Waals surface area contributed by atoms with Gasteiger partial charge in [-0.3, -0.25) is 9.36 Å². The quantitative estimate of drug-likeness (QED) is 0.540. The Labute approximate surface area is 90.3 Å². The molecule has 0 spiro atoms. The second kappa shape index (κ2) is 6.99. The summed E-state index contributed by atoms with van der Waals surface area (Å²) in [6, 6.07) is 0. The maximum absolute atomic E-state index is 11.3. The molecule has 0 amide bonds. The second-order valence-corrected chi connectivity index (χ2v) is 5.25. The van der Waals surface area contributed by atoms with Crippen LogP contribution in [0, 0.1) is 5.92 Å². The fraction of sp³-hybridized carbons (Fsp3) is 0.889. The highest BCUT2D eigenvalue weighted by Crippen LogP contribution is 2.44. The molecule has 0 radical (unpaired) electrons. The van der Waals surface area contributed by atoms with Crippen molar-refractivity contribution in [3.05, 3.63) is 0 Å². The van der Waals surface area contributed by atoms with E-state index in [-0.39, 0.29) is 31.1 Å². The standard InChI is InChI=1S/C9H19O5P/c1-4-13-9(10)6-8(3)7-15(11,12)14-5-2/h8H,4-7H2,1-3H3,(H,11,12). The maximum atomic E-state index is 11.3. The molecule has 0 heterocycles. The Kier molecular flexibility index (Phi) is 6.81. The SMILES string of the molecule is CCOC(=O)CC(C)CP(=O)(O)OCC. The first-order valence-electron chi connectivity index (χ1n) is 5.03. The van der Waals surface area contributed by atoms with Crippen molar-refractivity contribution in [1.82, 2.24) is 0 Å². The Bertz CT molecular complexity index is 241. The van der Waals surface area contributed by atoms with Crippen molar-refractivity contribution >= 4 is 13.6 Å². The van der Waals surface area contributed by atoms with Gasteiger partial charge in [-0.25, -0.2) is 0 Å². The van der Waals surface area contributed by atoms with Crippen LogP contribution in [0.25, 0.3) is 0 Å². The number of esters is 1. The van der Waals surface area contributed by atoms with Gasteiger partial charge >= 0.3 is 13.6 Å². The zero-order valence-electron chi connectivity index (χ0n) is 9.43. The molecule has 0 aromatic rings. The van der Waals surface area contributed by atoms with Crippen molar-refractivity contribution in [2.45, 2.75) is 27.2 Å². The summed E-state index contributed by atoms with van der Waals surface area (Å²) in [5.74, 6) is -0.562. The van der Waals surface area contributed by atoms with Crippen LogP contribution in [0.15, 0.2) is 0 Å². The summed E-state index contributed by atoms with van der Waals surface area (Å²) < 4.78 is 20.8. The molecule has 0 aliphatic carbocycles. The third-order valence-electron chi connectivity index (χ3n) is 1.69. The molecule has 0 aliphatic heterocycles. The van der Waals surface area contributed by atoms with Crippen LogP contribution < -0.4 is 0 Å². The Hall–Kier alpha value is -0.380. The fourth-order valence-electron chi connectivity index (χ4n) is 1.22. The molecule has 5 nitrogen and oxygen atoms in total. The minimum absolute atomic E-state index is 0.0142. The maximum Gasteiger partial charge on any atom is 0.328 e. The average molecular weight is 238 g/mol. The van der Waals surface area contributed by atoms with Gasteiger partial charge in [0, 0.05) is 6.42 Å². The summed E-state index contributed by atoms with van der Waals surface area (Å²) in [7, 11) is -3.53. The van der Waals surface area contributed by atoms with Crippen LogP contribution in [0.2, 0.25) is 0 Å². The molecule has 0 aliphatic rings.